The largest absolute Gasteiger partial charge is 0.465 e. The number of hydrogen-bond acceptors (Lipinski definition) is 2. The molecule has 5 heteroatoms. The van der Waals surface area contributed by atoms with E-state index >= 15 is 0 Å². The van der Waals surface area contributed by atoms with Crippen LogP contribution in [0.4, 0.5) is 4.79 Å². The van der Waals surface area contributed by atoms with Crippen LogP contribution in [-0.2, 0) is 4.79 Å². The van der Waals surface area contributed by atoms with E-state index in [1.54, 1.807) is 0 Å². The Morgan fingerprint density at radius 2 is 1.95 bits per heavy atom. The average molecular weight is 296 g/mol. The van der Waals surface area contributed by atoms with Crippen molar-refractivity contribution in [2.45, 2.75) is 76.8 Å². The van der Waals surface area contributed by atoms with Crippen LogP contribution < -0.4 is 5.32 Å². The highest BCUT2D eigenvalue weighted by molar-refractivity contribution is 5.93. The van der Waals surface area contributed by atoms with Crippen molar-refractivity contribution in [3.05, 3.63) is 0 Å². The summed E-state index contributed by atoms with van der Waals surface area (Å²) in [5, 5.41) is 12.1. The van der Waals surface area contributed by atoms with E-state index in [9.17, 15) is 14.7 Å². The molecule has 0 bridgehead atoms. The molecule has 2 fully saturated rings. The summed E-state index contributed by atoms with van der Waals surface area (Å²) in [5.74, 6) is 0.662. The lowest BCUT2D eigenvalue weighted by molar-refractivity contribution is -0.141. The molecular weight excluding hydrogens is 268 g/mol. The van der Waals surface area contributed by atoms with Gasteiger partial charge in [0, 0.05) is 6.54 Å². The highest BCUT2D eigenvalue weighted by Crippen LogP contribution is 2.29. The van der Waals surface area contributed by atoms with Crippen LogP contribution >= 0.6 is 0 Å². The van der Waals surface area contributed by atoms with Gasteiger partial charge in [0.1, 0.15) is 6.04 Å². The Labute approximate surface area is 127 Å². The quantitative estimate of drug-likeness (QED) is 0.585. The second-order valence-corrected chi connectivity index (χ2v) is 7.09. The smallest absolute Gasteiger partial charge is 0.408 e. The molecule has 2 rings (SSSR count). The Morgan fingerprint density at radius 3 is 2.48 bits per heavy atom. The molecule has 0 aromatic carbocycles. The van der Waals surface area contributed by atoms with Crippen molar-refractivity contribution >= 4 is 12.0 Å². The molecule has 1 heterocycles. The second kappa shape index (κ2) is 6.67. The van der Waals surface area contributed by atoms with Crippen LogP contribution in [0, 0.1) is 5.92 Å². The number of unbranched alkanes of at least 4 members (excludes halogenated alkanes) is 1. The van der Waals surface area contributed by atoms with Gasteiger partial charge in [-0.1, -0.05) is 44.9 Å². The van der Waals surface area contributed by atoms with Gasteiger partial charge >= 0.3 is 6.09 Å². The van der Waals surface area contributed by atoms with E-state index in [1.165, 1.54) is 43.4 Å². The second-order valence-electron chi connectivity index (χ2n) is 7.09. The van der Waals surface area contributed by atoms with Crippen molar-refractivity contribution in [3.63, 3.8) is 0 Å². The lowest BCUT2D eigenvalue weighted by Crippen LogP contribution is -2.75. The summed E-state index contributed by atoms with van der Waals surface area (Å²) in [6, 6.07) is -0.537. The average Bonchev–Trinajstić information content (AvgIpc) is 2.42. The molecule has 0 spiro atoms. The van der Waals surface area contributed by atoms with Crippen LogP contribution in [0.1, 0.15) is 65.2 Å². The highest BCUT2D eigenvalue weighted by atomic mass is 16.4. The first-order chi connectivity index (χ1) is 9.92. The van der Waals surface area contributed by atoms with Crippen molar-refractivity contribution in [3.8, 4) is 0 Å². The van der Waals surface area contributed by atoms with Gasteiger partial charge in [-0.05, 0) is 26.2 Å². The third-order valence-electron chi connectivity index (χ3n) is 4.92. The molecule has 1 saturated heterocycles. The Morgan fingerprint density at radius 1 is 1.29 bits per heavy atom. The zero-order chi connectivity index (χ0) is 15.5. The Hall–Kier alpha value is -1.26. The van der Waals surface area contributed by atoms with E-state index in [0.29, 0.717) is 6.54 Å². The summed E-state index contributed by atoms with van der Waals surface area (Å²) in [6.07, 6.45) is 8.86. The summed E-state index contributed by atoms with van der Waals surface area (Å²) < 4.78 is 0. The molecule has 2 N–H and O–H groups in total. The van der Waals surface area contributed by atoms with Gasteiger partial charge in [-0.3, -0.25) is 9.69 Å². The Bertz CT molecular complexity index is 389. The van der Waals surface area contributed by atoms with Crippen molar-refractivity contribution < 1.29 is 14.7 Å². The van der Waals surface area contributed by atoms with Crippen LogP contribution in [0.5, 0.6) is 0 Å². The first kappa shape index (κ1) is 16.1. The highest BCUT2D eigenvalue weighted by Gasteiger charge is 2.51. The summed E-state index contributed by atoms with van der Waals surface area (Å²) in [6.45, 7) is 4.21. The Balaban J connectivity index is 1.75. The van der Waals surface area contributed by atoms with Crippen molar-refractivity contribution in [1.82, 2.24) is 10.2 Å². The maximum atomic E-state index is 11.7. The summed E-state index contributed by atoms with van der Waals surface area (Å²) in [7, 11) is 0. The first-order valence-corrected chi connectivity index (χ1v) is 8.23. The molecule has 5 nitrogen and oxygen atoms in total. The van der Waals surface area contributed by atoms with Crippen molar-refractivity contribution in [2.24, 2.45) is 5.92 Å². The molecule has 0 aromatic rings. The van der Waals surface area contributed by atoms with Crippen LogP contribution in [0.3, 0.4) is 0 Å². The molecule has 1 atom stereocenters. The van der Waals surface area contributed by atoms with E-state index in [1.807, 2.05) is 13.8 Å². The molecule has 1 aliphatic heterocycles. The summed E-state index contributed by atoms with van der Waals surface area (Å²) >= 11 is 0. The van der Waals surface area contributed by atoms with E-state index in [-0.39, 0.29) is 5.91 Å². The third-order valence-corrected chi connectivity index (χ3v) is 4.92. The lowest BCUT2D eigenvalue weighted by atomic mass is 9.84. The van der Waals surface area contributed by atoms with Crippen LogP contribution in [0.15, 0.2) is 0 Å². The number of carboxylic acid groups (broad SMARTS) is 1. The number of amides is 2. The number of carbonyl (C=O) groups is 2. The van der Waals surface area contributed by atoms with Crippen LogP contribution in [-0.4, -0.2) is 40.1 Å². The van der Waals surface area contributed by atoms with E-state index in [0.717, 1.165) is 18.8 Å². The Kier molecular flexibility index (Phi) is 5.12. The number of hydrogen-bond donors (Lipinski definition) is 2. The standard InChI is InChI=1S/C16H28N2O3/c1-16(2)13(14(19)17-16)18(15(20)21)11-7-6-10-12-8-4-3-5-9-12/h12-13H,3-11H2,1-2H3,(H,17,19)(H,20,21)/t13-/m1/s1. The van der Waals surface area contributed by atoms with Crippen LogP contribution in [0.25, 0.3) is 0 Å². The van der Waals surface area contributed by atoms with Gasteiger partial charge in [0.25, 0.3) is 0 Å². The first-order valence-electron chi connectivity index (χ1n) is 8.23. The normalized spacial score (nSPS) is 25.0. The van der Waals surface area contributed by atoms with E-state index in [4.69, 9.17) is 0 Å². The zero-order valence-electron chi connectivity index (χ0n) is 13.2. The minimum Gasteiger partial charge on any atom is -0.465 e. The fourth-order valence-corrected chi connectivity index (χ4v) is 3.76. The molecule has 0 aromatic heterocycles. The van der Waals surface area contributed by atoms with Gasteiger partial charge in [-0.25, -0.2) is 4.79 Å². The maximum absolute atomic E-state index is 11.7. The van der Waals surface area contributed by atoms with Crippen molar-refractivity contribution in [2.75, 3.05) is 6.54 Å². The third kappa shape index (κ3) is 3.89. The predicted octanol–water partition coefficient (Wildman–Crippen LogP) is 2.99. The van der Waals surface area contributed by atoms with Gasteiger partial charge in [-0.2, -0.15) is 0 Å². The van der Waals surface area contributed by atoms with Crippen LogP contribution in [0.2, 0.25) is 0 Å². The van der Waals surface area contributed by atoms with Gasteiger partial charge < -0.3 is 10.4 Å². The minimum atomic E-state index is -0.986. The number of nitrogens with zero attached hydrogens (tertiary/aromatic N) is 1. The summed E-state index contributed by atoms with van der Waals surface area (Å²) in [4.78, 5) is 24.4. The molecular formula is C16H28N2O3. The fourth-order valence-electron chi connectivity index (χ4n) is 3.76. The SMILES string of the molecule is CC1(C)NC(=O)[C@H]1N(CCCCC1CCCCC1)C(=O)O. The monoisotopic (exact) mass is 296 g/mol. The molecule has 2 aliphatic rings. The molecule has 1 saturated carbocycles. The molecule has 120 valence electrons. The number of rotatable bonds is 6. The lowest BCUT2D eigenvalue weighted by Gasteiger charge is -2.48. The summed E-state index contributed by atoms with van der Waals surface area (Å²) in [5.41, 5.74) is -0.446. The van der Waals surface area contributed by atoms with Gasteiger partial charge in [0.05, 0.1) is 5.54 Å². The van der Waals surface area contributed by atoms with Gasteiger partial charge in [-0.15, -0.1) is 0 Å². The zero-order valence-corrected chi connectivity index (χ0v) is 13.2. The fraction of sp³-hybridized carbons (Fsp3) is 0.875. The molecule has 21 heavy (non-hydrogen) atoms. The predicted molar refractivity (Wildman–Crippen MR) is 81.2 cm³/mol. The number of β-lactam (4-membered cyclic amide) rings is 1. The molecule has 0 unspecified atom stereocenters. The minimum absolute atomic E-state index is 0.172. The topological polar surface area (TPSA) is 69.6 Å². The van der Waals surface area contributed by atoms with Gasteiger partial charge in [0.2, 0.25) is 5.91 Å². The van der Waals surface area contributed by atoms with Gasteiger partial charge in [0.15, 0.2) is 0 Å². The van der Waals surface area contributed by atoms with E-state index in [2.05, 4.69) is 5.32 Å². The number of nitrogens with one attached hydrogen (secondary N) is 1. The van der Waals surface area contributed by atoms with Crippen molar-refractivity contribution in [1.29, 1.82) is 0 Å². The maximum Gasteiger partial charge on any atom is 0.408 e. The molecule has 0 radical (unpaired) electrons. The molecule has 2 amide bonds. The number of carbonyl (C=O) groups excluding carboxylic acids is 1. The van der Waals surface area contributed by atoms with E-state index < -0.39 is 17.7 Å². The molecule has 1 aliphatic carbocycles.